The van der Waals surface area contributed by atoms with Crippen LogP contribution < -0.4 is 9.16 Å². The Balaban J connectivity index is 2.58. The zero-order valence-electron chi connectivity index (χ0n) is 14.0. The largest absolute Gasteiger partial charge is 0.543 e. The van der Waals surface area contributed by atoms with Gasteiger partial charge in [0.15, 0.2) is 0 Å². The van der Waals surface area contributed by atoms with E-state index in [1.165, 1.54) is 0 Å². The maximum Gasteiger partial charge on any atom is 0.250 e. The number of rotatable bonds is 7. The standard InChI is InChI=1S/C16H28O4Si/c1-16(2,3)21(5,6)20-15-9-7-14(8-10-15)19-12-13(17)11-18-4/h7-10,13,17H,11-12H2,1-6H3. The molecule has 0 spiro atoms. The molecule has 0 aliphatic carbocycles. The number of aliphatic hydroxyl groups excluding tert-OH is 1. The molecule has 0 amide bonds. The van der Waals surface area contributed by atoms with Crippen LogP contribution in [0, 0.1) is 0 Å². The average Bonchev–Trinajstić information content (AvgIpc) is 2.36. The molecule has 4 nitrogen and oxygen atoms in total. The molecule has 21 heavy (non-hydrogen) atoms. The monoisotopic (exact) mass is 312 g/mol. The van der Waals surface area contributed by atoms with Crippen LogP contribution in [0.5, 0.6) is 11.5 Å². The Morgan fingerprint density at radius 2 is 1.57 bits per heavy atom. The smallest absolute Gasteiger partial charge is 0.250 e. The minimum Gasteiger partial charge on any atom is -0.543 e. The number of aliphatic hydroxyl groups is 1. The van der Waals surface area contributed by atoms with E-state index in [-0.39, 0.29) is 18.3 Å². The van der Waals surface area contributed by atoms with Crippen LogP contribution in [-0.4, -0.2) is 39.9 Å². The summed E-state index contributed by atoms with van der Waals surface area (Å²) in [6.45, 7) is 11.6. The molecule has 0 saturated heterocycles. The molecule has 0 bridgehead atoms. The van der Waals surface area contributed by atoms with Crippen molar-refractivity contribution in [3.05, 3.63) is 24.3 Å². The highest BCUT2D eigenvalue weighted by molar-refractivity contribution is 6.74. The first kappa shape index (κ1) is 18.0. The van der Waals surface area contributed by atoms with Gasteiger partial charge in [0.05, 0.1) is 6.61 Å². The van der Waals surface area contributed by atoms with E-state index in [9.17, 15) is 5.11 Å². The van der Waals surface area contributed by atoms with Crippen LogP contribution in [0.1, 0.15) is 20.8 Å². The molecule has 5 heteroatoms. The summed E-state index contributed by atoms with van der Waals surface area (Å²) in [5.41, 5.74) is 0. The van der Waals surface area contributed by atoms with E-state index < -0.39 is 14.4 Å². The van der Waals surface area contributed by atoms with Crippen molar-refractivity contribution < 1.29 is 19.0 Å². The second-order valence-corrected chi connectivity index (χ2v) is 11.5. The van der Waals surface area contributed by atoms with E-state index in [1.54, 1.807) is 7.11 Å². The normalized spacial score (nSPS) is 13.9. The van der Waals surface area contributed by atoms with E-state index in [1.807, 2.05) is 24.3 Å². The number of hydrogen-bond acceptors (Lipinski definition) is 4. The van der Waals surface area contributed by atoms with Gasteiger partial charge >= 0.3 is 0 Å². The molecule has 0 aliphatic heterocycles. The number of methoxy groups -OCH3 is 1. The number of benzene rings is 1. The topological polar surface area (TPSA) is 47.9 Å². The highest BCUT2D eigenvalue weighted by Gasteiger charge is 2.38. The van der Waals surface area contributed by atoms with Gasteiger partial charge in [-0.1, -0.05) is 20.8 Å². The molecule has 0 aliphatic rings. The lowest BCUT2D eigenvalue weighted by atomic mass is 10.2. The molecule has 120 valence electrons. The predicted octanol–water partition coefficient (Wildman–Crippen LogP) is 3.46. The Bertz CT molecular complexity index is 423. The van der Waals surface area contributed by atoms with Crippen molar-refractivity contribution in [2.45, 2.75) is 45.0 Å². The van der Waals surface area contributed by atoms with Crippen molar-refractivity contribution in [3.63, 3.8) is 0 Å². The highest BCUT2D eigenvalue weighted by Crippen LogP contribution is 2.37. The fraction of sp³-hybridized carbons (Fsp3) is 0.625. The molecule has 0 heterocycles. The van der Waals surface area contributed by atoms with Crippen LogP contribution in [-0.2, 0) is 4.74 Å². The van der Waals surface area contributed by atoms with Crippen LogP contribution in [0.2, 0.25) is 18.1 Å². The molecule has 1 atom stereocenters. The van der Waals surface area contributed by atoms with Gasteiger partial charge in [0.1, 0.15) is 24.2 Å². The van der Waals surface area contributed by atoms with E-state index in [0.29, 0.717) is 5.75 Å². The van der Waals surface area contributed by atoms with Crippen molar-refractivity contribution in [1.82, 2.24) is 0 Å². The molecule has 1 unspecified atom stereocenters. The maximum atomic E-state index is 9.54. The van der Waals surface area contributed by atoms with Gasteiger partial charge in [-0.3, -0.25) is 0 Å². The van der Waals surface area contributed by atoms with Crippen LogP contribution in [0.25, 0.3) is 0 Å². The zero-order valence-corrected chi connectivity index (χ0v) is 15.0. The first-order valence-corrected chi connectivity index (χ1v) is 10.2. The summed E-state index contributed by atoms with van der Waals surface area (Å²) in [5, 5.41) is 9.71. The first-order chi connectivity index (χ1) is 9.65. The Labute approximate surface area is 129 Å². The number of ether oxygens (including phenoxy) is 2. The van der Waals surface area contributed by atoms with E-state index in [0.717, 1.165) is 5.75 Å². The fourth-order valence-corrected chi connectivity index (χ4v) is 2.52. The molecule has 1 N–H and O–H groups in total. The molecule has 1 rings (SSSR count). The Morgan fingerprint density at radius 1 is 1.05 bits per heavy atom. The summed E-state index contributed by atoms with van der Waals surface area (Å²) in [6, 6.07) is 7.56. The van der Waals surface area contributed by atoms with Gasteiger partial charge in [0.25, 0.3) is 0 Å². The highest BCUT2D eigenvalue weighted by atomic mass is 28.4. The van der Waals surface area contributed by atoms with Gasteiger partial charge < -0.3 is 19.0 Å². The van der Waals surface area contributed by atoms with E-state index in [4.69, 9.17) is 13.9 Å². The third-order valence-corrected chi connectivity index (χ3v) is 8.16. The molecule has 0 radical (unpaired) electrons. The summed E-state index contributed by atoms with van der Waals surface area (Å²) < 4.78 is 16.6. The van der Waals surface area contributed by atoms with E-state index in [2.05, 4.69) is 33.9 Å². The van der Waals surface area contributed by atoms with Crippen molar-refractivity contribution in [1.29, 1.82) is 0 Å². The SMILES string of the molecule is COCC(O)COc1ccc(O[Si](C)(C)C(C)(C)C)cc1. The van der Waals surface area contributed by atoms with Crippen molar-refractivity contribution in [2.75, 3.05) is 20.3 Å². The maximum absolute atomic E-state index is 9.54. The second kappa shape index (κ2) is 7.29. The molecular formula is C16H28O4Si. The molecular weight excluding hydrogens is 284 g/mol. The second-order valence-electron chi connectivity index (χ2n) is 6.75. The van der Waals surface area contributed by atoms with Crippen molar-refractivity contribution in [3.8, 4) is 11.5 Å². The molecule has 0 saturated carbocycles. The van der Waals surface area contributed by atoms with Crippen LogP contribution in [0.3, 0.4) is 0 Å². The predicted molar refractivity (Wildman–Crippen MR) is 87.6 cm³/mol. The minimum atomic E-state index is -1.81. The summed E-state index contributed by atoms with van der Waals surface area (Å²) in [4.78, 5) is 0. The third-order valence-electron chi connectivity index (χ3n) is 3.80. The van der Waals surface area contributed by atoms with Crippen molar-refractivity contribution >= 4 is 8.32 Å². The summed E-state index contributed by atoms with van der Waals surface area (Å²) in [7, 11) is -0.256. The summed E-state index contributed by atoms with van der Waals surface area (Å²) in [6.07, 6.45) is -0.613. The lowest BCUT2D eigenvalue weighted by molar-refractivity contribution is 0.0325. The van der Waals surface area contributed by atoms with E-state index >= 15 is 0 Å². The molecule has 1 aromatic rings. The third kappa shape index (κ3) is 5.69. The lowest BCUT2D eigenvalue weighted by Gasteiger charge is -2.36. The van der Waals surface area contributed by atoms with Gasteiger partial charge in [-0.2, -0.15) is 0 Å². The summed E-state index contributed by atoms with van der Waals surface area (Å²) in [5.74, 6) is 1.58. The van der Waals surface area contributed by atoms with Crippen LogP contribution in [0.4, 0.5) is 0 Å². The fourth-order valence-electron chi connectivity index (χ4n) is 1.48. The van der Waals surface area contributed by atoms with Crippen LogP contribution in [0.15, 0.2) is 24.3 Å². The van der Waals surface area contributed by atoms with Gasteiger partial charge in [0, 0.05) is 7.11 Å². The van der Waals surface area contributed by atoms with Gasteiger partial charge in [-0.05, 0) is 42.4 Å². The van der Waals surface area contributed by atoms with Crippen LogP contribution >= 0.6 is 0 Å². The molecule has 0 aromatic heterocycles. The number of hydrogen-bond donors (Lipinski definition) is 1. The first-order valence-electron chi connectivity index (χ1n) is 7.24. The Kier molecular flexibility index (Phi) is 6.25. The lowest BCUT2D eigenvalue weighted by Crippen LogP contribution is -2.43. The molecule has 1 aromatic carbocycles. The van der Waals surface area contributed by atoms with Crippen molar-refractivity contribution in [2.24, 2.45) is 0 Å². The Hall–Kier alpha value is -1.04. The zero-order chi connectivity index (χ0) is 16.1. The quantitative estimate of drug-likeness (QED) is 0.783. The van der Waals surface area contributed by atoms with Gasteiger partial charge in [0.2, 0.25) is 8.32 Å². The summed E-state index contributed by atoms with van der Waals surface area (Å²) >= 11 is 0. The molecule has 0 fully saturated rings. The van der Waals surface area contributed by atoms with Gasteiger partial charge in [-0.15, -0.1) is 0 Å². The minimum absolute atomic E-state index is 0.173. The van der Waals surface area contributed by atoms with Gasteiger partial charge in [-0.25, -0.2) is 0 Å². The Morgan fingerprint density at radius 3 is 2.05 bits per heavy atom. The average molecular weight is 312 g/mol.